The van der Waals surface area contributed by atoms with Crippen LogP contribution in [-0.2, 0) is 9.53 Å². The summed E-state index contributed by atoms with van der Waals surface area (Å²) in [6.07, 6.45) is 6.50. The van der Waals surface area contributed by atoms with Gasteiger partial charge in [-0.25, -0.2) is 0 Å². The third-order valence-electron chi connectivity index (χ3n) is 6.69. The van der Waals surface area contributed by atoms with Gasteiger partial charge in [-0.3, -0.25) is 4.79 Å². The zero-order valence-electron chi connectivity index (χ0n) is 12.5. The van der Waals surface area contributed by atoms with Crippen molar-refractivity contribution >= 4 is 5.97 Å². The predicted molar refractivity (Wildman–Crippen MR) is 75.6 cm³/mol. The van der Waals surface area contributed by atoms with E-state index in [1.54, 1.807) is 0 Å². The highest BCUT2D eigenvalue weighted by atomic mass is 16.5. The van der Waals surface area contributed by atoms with E-state index in [1.807, 2.05) is 0 Å². The van der Waals surface area contributed by atoms with Crippen molar-refractivity contribution in [2.24, 2.45) is 22.7 Å². The van der Waals surface area contributed by atoms with E-state index in [1.165, 1.54) is 18.4 Å². The minimum absolute atomic E-state index is 0.0354. The smallest absolute Gasteiger partial charge is 0.309 e. The summed E-state index contributed by atoms with van der Waals surface area (Å²) in [5.41, 5.74) is 1.71. The molecule has 2 bridgehead atoms. The second kappa shape index (κ2) is 4.10. The van der Waals surface area contributed by atoms with E-state index in [4.69, 9.17) is 4.74 Å². The van der Waals surface area contributed by atoms with Gasteiger partial charge in [0.05, 0.1) is 5.92 Å². The summed E-state index contributed by atoms with van der Waals surface area (Å²) in [6, 6.07) is 0. The van der Waals surface area contributed by atoms with Crippen molar-refractivity contribution in [2.45, 2.75) is 65.4 Å². The second-order valence-corrected chi connectivity index (χ2v) is 7.73. The van der Waals surface area contributed by atoms with Gasteiger partial charge >= 0.3 is 5.97 Å². The summed E-state index contributed by atoms with van der Waals surface area (Å²) < 4.78 is 5.94. The van der Waals surface area contributed by atoms with Crippen LogP contribution in [0.25, 0.3) is 0 Å². The van der Waals surface area contributed by atoms with Gasteiger partial charge in [-0.05, 0) is 49.9 Å². The highest BCUT2D eigenvalue weighted by Gasteiger charge is 2.63. The fourth-order valence-corrected chi connectivity index (χ4v) is 4.68. The van der Waals surface area contributed by atoms with E-state index in [0.29, 0.717) is 5.41 Å². The van der Waals surface area contributed by atoms with E-state index < -0.39 is 0 Å². The van der Waals surface area contributed by atoms with Crippen molar-refractivity contribution in [2.75, 3.05) is 0 Å². The Morgan fingerprint density at radius 2 is 2.05 bits per heavy atom. The predicted octanol–water partition coefficient (Wildman–Crippen LogP) is 4.10. The lowest BCUT2D eigenvalue weighted by Gasteiger charge is -2.38. The van der Waals surface area contributed by atoms with Crippen LogP contribution in [0.4, 0.5) is 0 Å². The van der Waals surface area contributed by atoms with Gasteiger partial charge in [-0.2, -0.15) is 0 Å². The maximum atomic E-state index is 12.3. The fraction of sp³-hybridized carbons (Fsp3) is 0.824. The van der Waals surface area contributed by atoms with Gasteiger partial charge in [-0.1, -0.05) is 32.9 Å². The van der Waals surface area contributed by atoms with Crippen LogP contribution in [0.5, 0.6) is 0 Å². The molecule has 0 aromatic heterocycles. The zero-order valence-corrected chi connectivity index (χ0v) is 12.5. The molecule has 3 aliphatic rings. The maximum absolute atomic E-state index is 12.3. The second-order valence-electron chi connectivity index (χ2n) is 7.73. The zero-order chi connectivity index (χ0) is 13.8. The van der Waals surface area contributed by atoms with Crippen LogP contribution in [0.1, 0.15) is 59.3 Å². The van der Waals surface area contributed by atoms with Crippen molar-refractivity contribution < 1.29 is 9.53 Å². The number of esters is 1. The molecule has 2 nitrogen and oxygen atoms in total. The van der Waals surface area contributed by atoms with Crippen LogP contribution in [-0.4, -0.2) is 12.1 Å². The fourth-order valence-electron chi connectivity index (χ4n) is 4.68. The maximum Gasteiger partial charge on any atom is 0.309 e. The molecule has 0 N–H and O–H groups in total. The minimum Gasteiger partial charge on any atom is -0.462 e. The van der Waals surface area contributed by atoms with E-state index in [-0.39, 0.29) is 23.4 Å². The number of ether oxygens (including phenoxy) is 1. The number of rotatable bonds is 2. The van der Waals surface area contributed by atoms with Crippen molar-refractivity contribution in [1.29, 1.82) is 0 Å². The molecule has 0 aliphatic heterocycles. The van der Waals surface area contributed by atoms with E-state index in [9.17, 15) is 4.79 Å². The van der Waals surface area contributed by atoms with Crippen LogP contribution >= 0.6 is 0 Å². The van der Waals surface area contributed by atoms with Crippen molar-refractivity contribution in [3.05, 3.63) is 12.2 Å². The van der Waals surface area contributed by atoms with Gasteiger partial charge in [0.25, 0.3) is 0 Å². The molecule has 3 saturated carbocycles. The topological polar surface area (TPSA) is 26.3 Å². The van der Waals surface area contributed by atoms with Crippen molar-refractivity contribution in [1.82, 2.24) is 0 Å². The number of allylic oxidation sites excluding steroid dienone is 1. The molecule has 0 saturated heterocycles. The molecule has 0 aromatic rings. The Morgan fingerprint density at radius 1 is 1.32 bits per heavy atom. The molecule has 0 spiro atoms. The lowest BCUT2D eigenvalue weighted by atomic mass is 9.70. The molecule has 4 atom stereocenters. The first kappa shape index (κ1) is 13.2. The van der Waals surface area contributed by atoms with Gasteiger partial charge in [-0.15, -0.1) is 0 Å². The first-order valence-electron chi connectivity index (χ1n) is 7.72. The lowest BCUT2D eigenvalue weighted by molar-refractivity contribution is -0.161. The van der Waals surface area contributed by atoms with E-state index >= 15 is 0 Å². The summed E-state index contributed by atoms with van der Waals surface area (Å²) in [5.74, 6) is 0.848. The molecule has 0 heterocycles. The number of hydrogen-bond acceptors (Lipinski definition) is 2. The molecule has 0 radical (unpaired) electrons. The van der Waals surface area contributed by atoms with Crippen LogP contribution < -0.4 is 0 Å². The molecule has 0 amide bonds. The van der Waals surface area contributed by atoms with Crippen LogP contribution in [0.2, 0.25) is 0 Å². The highest BCUT2D eigenvalue weighted by molar-refractivity contribution is 5.73. The molecular formula is C17H26O2. The minimum atomic E-state index is 0.0354. The SMILES string of the molecule is C=C1CC[C@@H](C(=O)O[C@@H]2C[C@H]3CC[C@]2(C)C3(C)C)C1. The van der Waals surface area contributed by atoms with Crippen LogP contribution in [0.15, 0.2) is 12.2 Å². The number of carbonyl (C=O) groups excluding carboxylic acids is 1. The molecule has 3 fully saturated rings. The highest BCUT2D eigenvalue weighted by Crippen LogP contribution is 2.66. The largest absolute Gasteiger partial charge is 0.462 e. The normalized spacial score (nSPS) is 43.7. The molecule has 19 heavy (non-hydrogen) atoms. The summed E-state index contributed by atoms with van der Waals surface area (Å²) >= 11 is 0. The number of carbonyl (C=O) groups is 1. The van der Waals surface area contributed by atoms with Crippen LogP contribution in [0.3, 0.4) is 0 Å². The van der Waals surface area contributed by atoms with Crippen molar-refractivity contribution in [3.63, 3.8) is 0 Å². The van der Waals surface area contributed by atoms with Gasteiger partial charge in [0, 0.05) is 5.41 Å². The van der Waals surface area contributed by atoms with Crippen molar-refractivity contribution in [3.8, 4) is 0 Å². The first-order chi connectivity index (χ1) is 8.84. The van der Waals surface area contributed by atoms with Gasteiger partial charge in [0.2, 0.25) is 0 Å². The van der Waals surface area contributed by atoms with Gasteiger partial charge in [0.15, 0.2) is 0 Å². The Balaban J connectivity index is 1.69. The van der Waals surface area contributed by atoms with Gasteiger partial charge < -0.3 is 4.74 Å². The Bertz CT molecular complexity index is 423. The molecule has 0 unspecified atom stereocenters. The van der Waals surface area contributed by atoms with Crippen LogP contribution in [0, 0.1) is 22.7 Å². The summed E-state index contributed by atoms with van der Waals surface area (Å²) in [7, 11) is 0. The molecule has 3 aliphatic carbocycles. The Kier molecular flexibility index (Phi) is 2.85. The summed E-state index contributed by atoms with van der Waals surface area (Å²) in [6.45, 7) is 11.0. The summed E-state index contributed by atoms with van der Waals surface area (Å²) in [5, 5.41) is 0. The molecule has 106 valence electrons. The van der Waals surface area contributed by atoms with E-state index in [2.05, 4.69) is 27.4 Å². The third-order valence-corrected chi connectivity index (χ3v) is 6.69. The average Bonchev–Trinajstić information content (AvgIpc) is 2.91. The molecule has 3 rings (SSSR count). The Morgan fingerprint density at radius 3 is 2.53 bits per heavy atom. The van der Waals surface area contributed by atoms with E-state index in [0.717, 1.165) is 31.6 Å². The first-order valence-corrected chi connectivity index (χ1v) is 7.72. The molecular weight excluding hydrogens is 236 g/mol. The van der Waals surface area contributed by atoms with Gasteiger partial charge in [0.1, 0.15) is 6.10 Å². The average molecular weight is 262 g/mol. The Hall–Kier alpha value is -0.790. The quantitative estimate of drug-likeness (QED) is 0.553. The monoisotopic (exact) mass is 262 g/mol. The number of hydrogen-bond donors (Lipinski definition) is 0. The third kappa shape index (κ3) is 1.79. The Labute approximate surface area is 116 Å². The molecule has 0 aromatic carbocycles. The standard InChI is InChI=1S/C17H26O2/c1-11-5-6-12(9-11)15(18)19-14-10-13-7-8-17(14,4)16(13,2)3/h12-14H,1,5-10H2,2-4H3/t12-,13-,14-,17+/m1/s1. The molecule has 2 heteroatoms. The number of fused-ring (bicyclic) bond motifs is 2. The lowest BCUT2D eigenvalue weighted by Crippen LogP contribution is -2.39. The summed E-state index contributed by atoms with van der Waals surface area (Å²) in [4.78, 5) is 12.3.